The number of hydrogen-bond donors (Lipinski definition) is 0. The summed E-state index contributed by atoms with van der Waals surface area (Å²) in [6.45, 7) is 1.54. The van der Waals surface area contributed by atoms with Gasteiger partial charge in [0, 0.05) is 6.08 Å². The van der Waals surface area contributed by atoms with Crippen LogP contribution in [0.2, 0.25) is 0 Å². The molecule has 0 fully saturated rings. The summed E-state index contributed by atoms with van der Waals surface area (Å²) in [5.41, 5.74) is -1.27. The maximum absolute atomic E-state index is 11.8. The van der Waals surface area contributed by atoms with E-state index in [1.807, 2.05) is 0 Å². The van der Waals surface area contributed by atoms with Gasteiger partial charge in [0.2, 0.25) is 17.1 Å². The van der Waals surface area contributed by atoms with Gasteiger partial charge in [-0.1, -0.05) is 0 Å². The molecule has 0 N–H and O–H groups in total. The van der Waals surface area contributed by atoms with Gasteiger partial charge in [0.15, 0.2) is 5.76 Å². The van der Waals surface area contributed by atoms with E-state index in [1.54, 1.807) is 19.1 Å². The van der Waals surface area contributed by atoms with Crippen molar-refractivity contribution in [3.63, 3.8) is 0 Å². The van der Waals surface area contributed by atoms with Crippen LogP contribution in [-0.2, 0) is 24.7 Å². The maximum atomic E-state index is 11.8. The SMILES string of the molecule is COC(=O)C1=CC(=O)C(C)(c2ccco2)O1. The van der Waals surface area contributed by atoms with E-state index < -0.39 is 11.6 Å². The molecule has 84 valence electrons. The Hall–Kier alpha value is -2.04. The van der Waals surface area contributed by atoms with E-state index >= 15 is 0 Å². The summed E-state index contributed by atoms with van der Waals surface area (Å²) in [5, 5.41) is 0. The van der Waals surface area contributed by atoms with E-state index in [4.69, 9.17) is 9.15 Å². The number of methoxy groups -OCH3 is 1. The summed E-state index contributed by atoms with van der Waals surface area (Å²) in [7, 11) is 1.22. The first-order valence-corrected chi connectivity index (χ1v) is 4.65. The van der Waals surface area contributed by atoms with E-state index in [0.717, 1.165) is 6.08 Å². The molecule has 1 atom stereocenters. The molecule has 0 bridgehead atoms. The van der Waals surface area contributed by atoms with Crippen molar-refractivity contribution in [2.24, 2.45) is 0 Å². The molecule has 1 aromatic heterocycles. The van der Waals surface area contributed by atoms with Crippen LogP contribution >= 0.6 is 0 Å². The standard InChI is InChI=1S/C11H10O5/c1-11(9-4-3-5-15-9)8(12)6-7(16-11)10(13)14-2/h3-6H,1-2H3. The summed E-state index contributed by atoms with van der Waals surface area (Å²) < 4.78 is 14.9. The van der Waals surface area contributed by atoms with Crippen LogP contribution in [0.15, 0.2) is 34.6 Å². The lowest BCUT2D eigenvalue weighted by Gasteiger charge is -2.20. The fourth-order valence-corrected chi connectivity index (χ4v) is 1.48. The smallest absolute Gasteiger partial charge is 0.373 e. The third kappa shape index (κ3) is 1.41. The molecular weight excluding hydrogens is 212 g/mol. The molecule has 2 rings (SSSR count). The number of furan rings is 1. The molecule has 1 aliphatic rings. The van der Waals surface area contributed by atoms with Crippen molar-refractivity contribution in [3.05, 3.63) is 36.0 Å². The molecule has 1 aliphatic heterocycles. The average molecular weight is 222 g/mol. The van der Waals surface area contributed by atoms with Crippen molar-refractivity contribution in [3.8, 4) is 0 Å². The molecule has 0 amide bonds. The van der Waals surface area contributed by atoms with Gasteiger partial charge in [0.25, 0.3) is 0 Å². The van der Waals surface area contributed by atoms with Gasteiger partial charge < -0.3 is 13.9 Å². The third-order valence-electron chi connectivity index (χ3n) is 2.42. The molecule has 2 heterocycles. The zero-order valence-corrected chi connectivity index (χ0v) is 8.85. The first kappa shape index (κ1) is 10.5. The minimum atomic E-state index is -1.27. The molecule has 0 radical (unpaired) electrons. The van der Waals surface area contributed by atoms with Gasteiger partial charge >= 0.3 is 5.97 Å². The van der Waals surface area contributed by atoms with Crippen LogP contribution in [0.4, 0.5) is 0 Å². The van der Waals surface area contributed by atoms with Crippen LogP contribution in [-0.4, -0.2) is 18.9 Å². The van der Waals surface area contributed by atoms with Crippen LogP contribution in [0.25, 0.3) is 0 Å². The number of rotatable bonds is 2. The Kier molecular flexibility index (Phi) is 2.30. The van der Waals surface area contributed by atoms with Gasteiger partial charge in [-0.05, 0) is 19.1 Å². The Labute approximate surface area is 91.6 Å². The molecule has 5 nitrogen and oxygen atoms in total. The first-order chi connectivity index (χ1) is 7.58. The molecule has 5 heteroatoms. The summed E-state index contributed by atoms with van der Waals surface area (Å²) in [6, 6.07) is 3.26. The Morgan fingerprint density at radius 2 is 2.25 bits per heavy atom. The second kappa shape index (κ2) is 3.52. The minimum absolute atomic E-state index is 0.105. The number of ether oxygens (including phenoxy) is 2. The van der Waals surface area contributed by atoms with Crippen molar-refractivity contribution in [1.82, 2.24) is 0 Å². The number of hydrogen-bond acceptors (Lipinski definition) is 5. The van der Waals surface area contributed by atoms with Gasteiger partial charge in [0.05, 0.1) is 13.4 Å². The zero-order chi connectivity index (χ0) is 11.8. The van der Waals surface area contributed by atoms with Crippen molar-refractivity contribution in [2.45, 2.75) is 12.5 Å². The molecule has 0 saturated heterocycles. The zero-order valence-electron chi connectivity index (χ0n) is 8.85. The molecule has 0 aromatic carbocycles. The second-order valence-corrected chi connectivity index (χ2v) is 3.48. The summed E-state index contributed by atoms with van der Waals surface area (Å²) in [6.07, 6.45) is 2.56. The average Bonchev–Trinajstić information content (AvgIpc) is 2.87. The lowest BCUT2D eigenvalue weighted by molar-refractivity contribution is -0.144. The highest BCUT2D eigenvalue weighted by molar-refractivity contribution is 6.05. The molecule has 16 heavy (non-hydrogen) atoms. The molecule has 0 spiro atoms. The van der Waals surface area contributed by atoms with Crippen LogP contribution < -0.4 is 0 Å². The fourth-order valence-electron chi connectivity index (χ4n) is 1.48. The van der Waals surface area contributed by atoms with E-state index in [0.29, 0.717) is 5.76 Å². The normalized spacial score (nSPS) is 23.9. The molecule has 0 aliphatic carbocycles. The highest BCUT2D eigenvalue weighted by Crippen LogP contribution is 2.35. The highest BCUT2D eigenvalue weighted by atomic mass is 16.6. The van der Waals surface area contributed by atoms with Crippen molar-refractivity contribution < 1.29 is 23.5 Å². The quantitative estimate of drug-likeness (QED) is 0.702. The summed E-state index contributed by atoms with van der Waals surface area (Å²) in [5.74, 6) is -0.773. The Morgan fingerprint density at radius 3 is 2.81 bits per heavy atom. The third-order valence-corrected chi connectivity index (χ3v) is 2.42. The van der Waals surface area contributed by atoms with Crippen molar-refractivity contribution >= 4 is 11.8 Å². The van der Waals surface area contributed by atoms with E-state index in [9.17, 15) is 9.59 Å². The van der Waals surface area contributed by atoms with Crippen LogP contribution in [0.5, 0.6) is 0 Å². The van der Waals surface area contributed by atoms with E-state index in [1.165, 1.54) is 13.4 Å². The molecular formula is C11H10O5. The Bertz CT molecular complexity index is 457. The maximum Gasteiger partial charge on any atom is 0.373 e. The predicted molar refractivity (Wildman–Crippen MR) is 52.3 cm³/mol. The number of esters is 1. The summed E-state index contributed by atoms with van der Waals surface area (Å²) in [4.78, 5) is 23.0. The number of ketones is 1. The van der Waals surface area contributed by atoms with Crippen LogP contribution in [0.3, 0.4) is 0 Å². The largest absolute Gasteiger partial charge is 0.465 e. The monoisotopic (exact) mass is 222 g/mol. The first-order valence-electron chi connectivity index (χ1n) is 4.65. The highest BCUT2D eigenvalue weighted by Gasteiger charge is 2.46. The van der Waals surface area contributed by atoms with Gasteiger partial charge in [0.1, 0.15) is 0 Å². The fraction of sp³-hybridized carbons (Fsp3) is 0.273. The van der Waals surface area contributed by atoms with E-state index in [2.05, 4.69) is 4.74 Å². The molecule has 1 aromatic rings. The Morgan fingerprint density at radius 1 is 1.50 bits per heavy atom. The van der Waals surface area contributed by atoms with Gasteiger partial charge in [-0.3, -0.25) is 4.79 Å². The lowest BCUT2D eigenvalue weighted by atomic mass is 9.99. The minimum Gasteiger partial charge on any atom is -0.465 e. The predicted octanol–water partition coefficient (Wildman–Crippen LogP) is 1.15. The second-order valence-electron chi connectivity index (χ2n) is 3.48. The topological polar surface area (TPSA) is 65.7 Å². The van der Waals surface area contributed by atoms with Gasteiger partial charge in [-0.2, -0.15) is 0 Å². The van der Waals surface area contributed by atoms with E-state index in [-0.39, 0.29) is 11.5 Å². The van der Waals surface area contributed by atoms with Crippen LogP contribution in [0.1, 0.15) is 12.7 Å². The number of carbonyl (C=O) groups is 2. The van der Waals surface area contributed by atoms with Crippen LogP contribution in [0, 0.1) is 0 Å². The van der Waals surface area contributed by atoms with Crippen molar-refractivity contribution in [1.29, 1.82) is 0 Å². The molecule has 0 saturated carbocycles. The summed E-state index contributed by atoms with van der Waals surface area (Å²) >= 11 is 0. The van der Waals surface area contributed by atoms with Gasteiger partial charge in [-0.25, -0.2) is 4.79 Å². The van der Waals surface area contributed by atoms with Crippen molar-refractivity contribution in [2.75, 3.05) is 7.11 Å². The van der Waals surface area contributed by atoms with Gasteiger partial charge in [-0.15, -0.1) is 0 Å². The lowest BCUT2D eigenvalue weighted by Crippen LogP contribution is -2.29. The Balaban J connectivity index is 2.30. The number of carbonyl (C=O) groups excluding carboxylic acids is 2. The molecule has 1 unspecified atom stereocenters.